The molecule has 4 nitrogen and oxygen atoms in total. The van der Waals surface area contributed by atoms with E-state index >= 15 is 0 Å². The number of rotatable bonds is 10. The maximum atomic E-state index is 5.93. The Balaban J connectivity index is 1.47. The highest BCUT2D eigenvalue weighted by molar-refractivity contribution is 7.14. The highest BCUT2D eigenvalue weighted by Crippen LogP contribution is 2.25. The minimum Gasteiger partial charge on any atom is -0.494 e. The van der Waals surface area contributed by atoms with E-state index in [1.807, 2.05) is 53.9 Å². The number of unbranched alkanes of at least 4 members (excludes halogenated alkanes) is 3. The second-order valence-electron chi connectivity index (χ2n) is 6.39. The highest BCUT2D eigenvalue weighted by atomic mass is 35.5. The van der Waals surface area contributed by atoms with Gasteiger partial charge in [0.1, 0.15) is 5.75 Å². The molecular formula is C22H24ClN3OS. The smallest absolute Gasteiger partial charge is 0.203 e. The van der Waals surface area contributed by atoms with Gasteiger partial charge >= 0.3 is 0 Å². The summed E-state index contributed by atoms with van der Waals surface area (Å²) in [6.45, 7) is 2.98. The largest absolute Gasteiger partial charge is 0.494 e. The van der Waals surface area contributed by atoms with E-state index in [9.17, 15) is 0 Å². The van der Waals surface area contributed by atoms with E-state index in [0.717, 1.165) is 45.8 Å². The number of halogens is 1. The van der Waals surface area contributed by atoms with Crippen molar-refractivity contribution in [3.05, 3.63) is 64.5 Å². The maximum absolute atomic E-state index is 5.93. The number of nitrogens with one attached hydrogen (secondary N) is 1. The van der Waals surface area contributed by atoms with E-state index in [1.165, 1.54) is 30.6 Å². The number of anilines is 1. The standard InChI is InChI=1S/C22H24ClN3OS/c1-2-3-4-5-14-27-20-12-6-17(7-13-20)15-24-26-22-25-21(16-28-22)18-8-10-19(23)11-9-18/h6-13,15-16H,2-5,14H2,1H3,(H,25,26). The van der Waals surface area contributed by atoms with Crippen molar-refractivity contribution in [2.75, 3.05) is 12.0 Å². The molecule has 0 saturated carbocycles. The van der Waals surface area contributed by atoms with Crippen molar-refractivity contribution in [3.8, 4) is 17.0 Å². The molecule has 3 rings (SSSR count). The average molecular weight is 414 g/mol. The van der Waals surface area contributed by atoms with Crippen LogP contribution >= 0.6 is 22.9 Å². The van der Waals surface area contributed by atoms with Crippen LogP contribution in [0.1, 0.15) is 38.2 Å². The molecule has 1 aromatic heterocycles. The molecule has 6 heteroatoms. The number of nitrogens with zero attached hydrogens (tertiary/aromatic N) is 2. The molecule has 0 fully saturated rings. The van der Waals surface area contributed by atoms with E-state index in [2.05, 4.69) is 22.4 Å². The average Bonchev–Trinajstić information content (AvgIpc) is 3.18. The number of benzene rings is 2. The third-order valence-electron chi connectivity index (χ3n) is 4.16. The fraction of sp³-hybridized carbons (Fsp3) is 0.273. The van der Waals surface area contributed by atoms with E-state index in [1.54, 1.807) is 6.21 Å². The van der Waals surface area contributed by atoms with Gasteiger partial charge in [0, 0.05) is 16.0 Å². The lowest BCUT2D eigenvalue weighted by molar-refractivity contribution is 0.305. The third kappa shape index (κ3) is 6.36. The normalized spacial score (nSPS) is 11.1. The van der Waals surface area contributed by atoms with Gasteiger partial charge in [0.15, 0.2) is 0 Å². The molecule has 3 aromatic rings. The van der Waals surface area contributed by atoms with Gasteiger partial charge in [-0.25, -0.2) is 4.98 Å². The van der Waals surface area contributed by atoms with Crippen LogP contribution in [0.2, 0.25) is 5.02 Å². The first-order chi connectivity index (χ1) is 13.7. The van der Waals surface area contributed by atoms with Crippen LogP contribution in [0, 0.1) is 0 Å². The summed E-state index contributed by atoms with van der Waals surface area (Å²) in [5, 5.41) is 7.72. The summed E-state index contributed by atoms with van der Waals surface area (Å²) in [5.41, 5.74) is 5.92. The van der Waals surface area contributed by atoms with Gasteiger partial charge in [-0.15, -0.1) is 11.3 Å². The molecule has 0 unspecified atom stereocenters. The molecule has 0 saturated heterocycles. The number of hydrazone groups is 1. The molecule has 0 atom stereocenters. The summed E-state index contributed by atoms with van der Waals surface area (Å²) in [6, 6.07) is 15.6. The van der Waals surface area contributed by atoms with Crippen LogP contribution in [-0.4, -0.2) is 17.8 Å². The quantitative estimate of drug-likeness (QED) is 0.224. The summed E-state index contributed by atoms with van der Waals surface area (Å²) in [4.78, 5) is 4.54. The lowest BCUT2D eigenvalue weighted by Crippen LogP contribution is -1.97. The molecule has 0 bridgehead atoms. The molecule has 1 N–H and O–H groups in total. The van der Waals surface area contributed by atoms with E-state index < -0.39 is 0 Å². The summed E-state index contributed by atoms with van der Waals surface area (Å²) < 4.78 is 5.76. The molecule has 0 aliphatic carbocycles. The zero-order valence-electron chi connectivity index (χ0n) is 15.9. The molecule has 0 aliphatic rings. The Kier molecular flexibility index (Phi) is 7.88. The van der Waals surface area contributed by atoms with Gasteiger partial charge in [0.25, 0.3) is 0 Å². The van der Waals surface area contributed by atoms with Crippen LogP contribution in [0.4, 0.5) is 5.13 Å². The number of aromatic nitrogens is 1. The Bertz CT molecular complexity index is 876. The van der Waals surface area contributed by atoms with E-state index in [-0.39, 0.29) is 0 Å². The minimum absolute atomic E-state index is 0.717. The highest BCUT2D eigenvalue weighted by Gasteiger charge is 2.03. The van der Waals surface area contributed by atoms with Crippen molar-refractivity contribution in [1.29, 1.82) is 0 Å². The topological polar surface area (TPSA) is 46.5 Å². The fourth-order valence-electron chi connectivity index (χ4n) is 2.61. The van der Waals surface area contributed by atoms with Crippen LogP contribution in [0.25, 0.3) is 11.3 Å². The van der Waals surface area contributed by atoms with Crippen molar-refractivity contribution >= 4 is 34.3 Å². The number of ether oxygens (including phenoxy) is 1. The lowest BCUT2D eigenvalue weighted by Gasteiger charge is -2.05. The second-order valence-corrected chi connectivity index (χ2v) is 7.69. The lowest BCUT2D eigenvalue weighted by atomic mass is 10.2. The molecule has 28 heavy (non-hydrogen) atoms. The number of hydrogen-bond donors (Lipinski definition) is 1. The molecule has 2 aromatic carbocycles. The summed E-state index contributed by atoms with van der Waals surface area (Å²) in [7, 11) is 0. The van der Waals surface area contributed by atoms with Gasteiger partial charge in [0.2, 0.25) is 5.13 Å². The first kappa shape index (κ1) is 20.4. The summed E-state index contributed by atoms with van der Waals surface area (Å²) >= 11 is 7.44. The SMILES string of the molecule is CCCCCCOc1ccc(C=NNc2nc(-c3ccc(Cl)cc3)cs2)cc1. The molecule has 146 valence electrons. The van der Waals surface area contributed by atoms with Crippen molar-refractivity contribution in [2.24, 2.45) is 5.10 Å². The van der Waals surface area contributed by atoms with Gasteiger partial charge in [-0.2, -0.15) is 5.10 Å². The minimum atomic E-state index is 0.717. The Morgan fingerprint density at radius 1 is 1.07 bits per heavy atom. The monoisotopic (exact) mass is 413 g/mol. The van der Waals surface area contributed by atoms with Gasteiger partial charge in [0.05, 0.1) is 18.5 Å². The van der Waals surface area contributed by atoms with Crippen LogP contribution in [0.3, 0.4) is 0 Å². The van der Waals surface area contributed by atoms with Gasteiger partial charge < -0.3 is 4.74 Å². The molecule has 0 amide bonds. The van der Waals surface area contributed by atoms with Crippen molar-refractivity contribution in [1.82, 2.24) is 4.98 Å². The maximum Gasteiger partial charge on any atom is 0.203 e. The predicted molar refractivity (Wildman–Crippen MR) is 120 cm³/mol. The first-order valence-corrected chi connectivity index (χ1v) is 10.7. The second kappa shape index (κ2) is 10.8. The van der Waals surface area contributed by atoms with Crippen LogP contribution in [0.15, 0.2) is 59.0 Å². The fourth-order valence-corrected chi connectivity index (χ4v) is 3.40. The number of thiazole rings is 1. The Morgan fingerprint density at radius 3 is 2.61 bits per heavy atom. The molecular weight excluding hydrogens is 390 g/mol. The summed E-state index contributed by atoms with van der Waals surface area (Å²) in [5.74, 6) is 0.897. The Hall–Kier alpha value is -2.37. The van der Waals surface area contributed by atoms with E-state index in [0.29, 0.717) is 0 Å². The molecule has 0 radical (unpaired) electrons. The van der Waals surface area contributed by atoms with Gasteiger partial charge in [-0.1, -0.05) is 49.9 Å². The van der Waals surface area contributed by atoms with Gasteiger partial charge in [-0.05, 0) is 48.4 Å². The van der Waals surface area contributed by atoms with Gasteiger partial charge in [-0.3, -0.25) is 5.43 Å². The van der Waals surface area contributed by atoms with Crippen molar-refractivity contribution in [2.45, 2.75) is 32.6 Å². The predicted octanol–water partition coefficient (Wildman–Crippen LogP) is 6.87. The number of hydrogen-bond acceptors (Lipinski definition) is 5. The molecule has 1 heterocycles. The summed E-state index contributed by atoms with van der Waals surface area (Å²) in [6.07, 6.45) is 6.61. The van der Waals surface area contributed by atoms with Crippen molar-refractivity contribution < 1.29 is 4.74 Å². The molecule has 0 aliphatic heterocycles. The van der Waals surface area contributed by atoms with Crippen LogP contribution in [-0.2, 0) is 0 Å². The third-order valence-corrected chi connectivity index (χ3v) is 5.16. The zero-order chi connectivity index (χ0) is 19.6. The van der Waals surface area contributed by atoms with Crippen LogP contribution in [0.5, 0.6) is 5.75 Å². The molecule has 0 spiro atoms. The van der Waals surface area contributed by atoms with Crippen molar-refractivity contribution in [3.63, 3.8) is 0 Å². The van der Waals surface area contributed by atoms with Crippen LogP contribution < -0.4 is 10.2 Å². The first-order valence-electron chi connectivity index (χ1n) is 9.48. The zero-order valence-corrected chi connectivity index (χ0v) is 17.5. The Morgan fingerprint density at radius 2 is 1.86 bits per heavy atom. The Labute approximate surface area is 175 Å². The van der Waals surface area contributed by atoms with E-state index in [4.69, 9.17) is 16.3 Å².